The highest BCUT2D eigenvalue weighted by Crippen LogP contribution is 2.64. The molecule has 2 amide bonds. The zero-order chi connectivity index (χ0) is 33.3. The molecule has 45 heavy (non-hydrogen) atoms. The number of carbonyl (C=O) groups excluding carboxylic acids is 3. The fraction of sp³-hybridized carbons (Fsp3) is 0.667. The molecule has 0 spiro atoms. The Morgan fingerprint density at radius 1 is 0.956 bits per heavy atom. The second-order valence-corrected chi connectivity index (χ2v) is 14.8. The van der Waals surface area contributed by atoms with Gasteiger partial charge >= 0.3 is 18.4 Å². The minimum atomic E-state index is -4.97. The molecule has 3 aliphatic carbocycles. The molecule has 5 rings (SSSR count). The predicted octanol–water partition coefficient (Wildman–Crippen LogP) is 8.62. The quantitative estimate of drug-likeness (QED) is 0.328. The van der Waals surface area contributed by atoms with Gasteiger partial charge in [-0.05, 0) is 106 Å². The topological polar surface area (TPSA) is 75.7 Å². The molecule has 1 aromatic rings. The number of alkyl halides is 6. The van der Waals surface area contributed by atoms with Crippen molar-refractivity contribution in [3.63, 3.8) is 0 Å². The van der Waals surface area contributed by atoms with Crippen molar-refractivity contribution in [2.24, 2.45) is 34.5 Å². The van der Waals surface area contributed by atoms with Crippen molar-refractivity contribution >= 4 is 23.5 Å². The molecule has 12 heteroatoms. The molecule has 3 fully saturated rings. The molecule has 6 nitrogen and oxygen atoms in total. The number of halogens is 6. The third kappa shape index (κ3) is 6.35. The van der Waals surface area contributed by atoms with Crippen LogP contribution in [0.5, 0.6) is 0 Å². The SMILES string of the molecule is CC(C)(C)OC(=O)N1CC2C(CC[C@]3(C)C(C(=O)Nc4cc(C(F)(F)F)ccc4C(F)(F)F)CCC23)C2(C)CCC(=O)C=C1C2. The summed E-state index contributed by atoms with van der Waals surface area (Å²) in [5.74, 6) is -1.60. The lowest BCUT2D eigenvalue weighted by molar-refractivity contribution is -0.141. The van der Waals surface area contributed by atoms with E-state index in [9.17, 15) is 40.7 Å². The smallest absolute Gasteiger partial charge is 0.418 e. The monoisotopic (exact) mass is 642 g/mol. The van der Waals surface area contributed by atoms with Gasteiger partial charge in [-0.3, -0.25) is 14.5 Å². The molecule has 0 radical (unpaired) electrons. The number of likely N-dealkylation sites (tertiary alicyclic amines) is 1. The summed E-state index contributed by atoms with van der Waals surface area (Å²) in [5.41, 5.74) is -4.68. The van der Waals surface area contributed by atoms with E-state index in [2.05, 4.69) is 12.2 Å². The number of nitrogens with one attached hydrogen (secondary N) is 1. The predicted molar refractivity (Wildman–Crippen MR) is 154 cm³/mol. The maximum absolute atomic E-state index is 13.8. The number of allylic oxidation sites excluding steroid dienone is 2. The van der Waals surface area contributed by atoms with Crippen molar-refractivity contribution in [1.29, 1.82) is 0 Å². The number of nitrogens with zero attached hydrogens (tertiary/aromatic N) is 1. The van der Waals surface area contributed by atoms with Crippen LogP contribution in [0.3, 0.4) is 0 Å². The number of hydrogen-bond donors (Lipinski definition) is 1. The molecular weight excluding hydrogens is 602 g/mol. The zero-order valence-electron chi connectivity index (χ0n) is 26.1. The maximum atomic E-state index is 13.8. The van der Waals surface area contributed by atoms with Gasteiger partial charge < -0.3 is 10.1 Å². The first kappa shape index (κ1) is 33.3. The minimum Gasteiger partial charge on any atom is -0.443 e. The average Bonchev–Trinajstić information content (AvgIpc) is 3.10. The normalized spacial score (nSPS) is 32.1. The summed E-state index contributed by atoms with van der Waals surface area (Å²) in [5, 5.41) is 2.23. The Labute approximate surface area is 258 Å². The number of amides is 2. The third-order valence-electron chi connectivity index (χ3n) is 10.8. The molecule has 2 saturated carbocycles. The molecule has 6 atom stereocenters. The average molecular weight is 643 g/mol. The van der Waals surface area contributed by atoms with E-state index >= 15 is 0 Å². The molecule has 1 aliphatic heterocycles. The van der Waals surface area contributed by atoms with E-state index < -0.39 is 58.1 Å². The summed E-state index contributed by atoms with van der Waals surface area (Å²) in [6, 6.07) is 1.05. The van der Waals surface area contributed by atoms with Gasteiger partial charge in [-0.2, -0.15) is 26.3 Å². The lowest BCUT2D eigenvalue weighted by atomic mass is 9.52. The first-order chi connectivity index (χ1) is 20.6. The van der Waals surface area contributed by atoms with Gasteiger partial charge in [-0.1, -0.05) is 13.8 Å². The van der Waals surface area contributed by atoms with Crippen LogP contribution in [0.15, 0.2) is 30.0 Å². The van der Waals surface area contributed by atoms with Crippen molar-refractivity contribution in [2.45, 2.75) is 97.5 Å². The van der Waals surface area contributed by atoms with Crippen LogP contribution in [-0.4, -0.2) is 34.8 Å². The van der Waals surface area contributed by atoms with Crippen LogP contribution >= 0.6 is 0 Å². The van der Waals surface area contributed by atoms with Gasteiger partial charge in [0, 0.05) is 30.7 Å². The lowest BCUT2D eigenvalue weighted by Crippen LogP contribution is -2.50. The van der Waals surface area contributed by atoms with E-state index in [4.69, 9.17) is 4.74 Å². The Hall–Kier alpha value is -3.05. The second kappa shape index (κ2) is 11.0. The molecule has 4 aliphatic rings. The molecule has 0 aromatic heterocycles. The molecule has 248 valence electrons. The van der Waals surface area contributed by atoms with Crippen LogP contribution in [0.4, 0.5) is 36.8 Å². The van der Waals surface area contributed by atoms with Crippen molar-refractivity contribution in [3.05, 3.63) is 41.1 Å². The first-order valence-electron chi connectivity index (χ1n) is 15.5. The van der Waals surface area contributed by atoms with Crippen LogP contribution in [0.1, 0.15) is 90.7 Å². The molecule has 1 aromatic carbocycles. The van der Waals surface area contributed by atoms with Gasteiger partial charge in [0.1, 0.15) is 5.60 Å². The van der Waals surface area contributed by atoms with Crippen LogP contribution in [0.2, 0.25) is 0 Å². The van der Waals surface area contributed by atoms with Crippen molar-refractivity contribution < 1.29 is 45.5 Å². The van der Waals surface area contributed by atoms with E-state index in [1.165, 1.54) is 0 Å². The first-order valence-corrected chi connectivity index (χ1v) is 15.5. The van der Waals surface area contributed by atoms with Crippen LogP contribution in [0.25, 0.3) is 0 Å². The minimum absolute atomic E-state index is 0.0493. The highest BCUT2D eigenvalue weighted by molar-refractivity contribution is 5.94. The number of ketones is 1. The Morgan fingerprint density at radius 3 is 2.27 bits per heavy atom. The number of rotatable bonds is 2. The molecule has 5 unspecified atom stereocenters. The van der Waals surface area contributed by atoms with E-state index in [0.717, 1.165) is 0 Å². The number of ether oxygens (including phenoxy) is 1. The number of fused-ring (bicyclic) bond motifs is 6. The fourth-order valence-corrected chi connectivity index (χ4v) is 8.68. The Bertz CT molecular complexity index is 1410. The Balaban J connectivity index is 1.47. The van der Waals surface area contributed by atoms with Gasteiger partial charge in [0.25, 0.3) is 0 Å². The largest absolute Gasteiger partial charge is 0.443 e. The summed E-state index contributed by atoms with van der Waals surface area (Å²) < 4.78 is 87.3. The number of anilines is 1. The summed E-state index contributed by atoms with van der Waals surface area (Å²) in [7, 11) is 0. The molecule has 1 N–H and O–H groups in total. The standard InChI is InChI=1S/C33H40F6N2O4/c1-29(2,3)45-28(44)41-17-21-22(30(4)12-10-20(42)15-19(41)16-30)11-13-31(5)23(21)8-9-25(31)27(43)40-26-14-18(32(34,35)36)6-7-24(26)33(37,38)39/h6-7,14-15,21-23,25H,8-13,16-17H2,1-5H3,(H,40,43)/t21?,22?,23?,25?,30?,31-/m0/s1. The number of carbonyl (C=O) groups is 3. The zero-order valence-corrected chi connectivity index (χ0v) is 26.1. The molecule has 2 bridgehead atoms. The van der Waals surface area contributed by atoms with Crippen LogP contribution < -0.4 is 5.32 Å². The molecular formula is C33H40F6N2O4. The third-order valence-corrected chi connectivity index (χ3v) is 10.8. The maximum Gasteiger partial charge on any atom is 0.418 e. The Morgan fingerprint density at radius 2 is 1.64 bits per heavy atom. The lowest BCUT2D eigenvalue weighted by Gasteiger charge is -2.52. The summed E-state index contributed by atoms with van der Waals surface area (Å²) >= 11 is 0. The van der Waals surface area contributed by atoms with E-state index in [0.29, 0.717) is 68.8 Å². The summed E-state index contributed by atoms with van der Waals surface area (Å²) in [4.78, 5) is 41.5. The fourth-order valence-electron chi connectivity index (χ4n) is 8.68. The van der Waals surface area contributed by atoms with Crippen LogP contribution in [-0.2, 0) is 26.7 Å². The second-order valence-electron chi connectivity index (χ2n) is 14.8. The number of benzene rings is 1. The van der Waals surface area contributed by atoms with Gasteiger partial charge in [-0.25, -0.2) is 4.79 Å². The van der Waals surface area contributed by atoms with Gasteiger partial charge in [0.15, 0.2) is 5.78 Å². The van der Waals surface area contributed by atoms with Crippen molar-refractivity contribution in [3.8, 4) is 0 Å². The van der Waals surface area contributed by atoms with Gasteiger partial charge in [0.2, 0.25) is 5.91 Å². The van der Waals surface area contributed by atoms with Gasteiger partial charge in [0.05, 0.1) is 16.8 Å². The molecule has 1 heterocycles. The summed E-state index contributed by atoms with van der Waals surface area (Å²) in [6.07, 6.45) is -5.20. The highest BCUT2D eigenvalue weighted by atomic mass is 19.4. The Kier molecular flexibility index (Phi) is 8.17. The summed E-state index contributed by atoms with van der Waals surface area (Å²) in [6.45, 7) is 9.63. The number of hydrogen-bond acceptors (Lipinski definition) is 4. The molecule has 1 saturated heterocycles. The van der Waals surface area contributed by atoms with E-state index in [1.807, 2.05) is 6.92 Å². The highest BCUT2D eigenvalue weighted by Gasteiger charge is 2.60. The van der Waals surface area contributed by atoms with Crippen molar-refractivity contribution in [1.82, 2.24) is 4.90 Å². The van der Waals surface area contributed by atoms with E-state index in [1.54, 1.807) is 31.7 Å². The van der Waals surface area contributed by atoms with E-state index in [-0.39, 0.29) is 35.5 Å². The van der Waals surface area contributed by atoms with Gasteiger partial charge in [-0.15, -0.1) is 0 Å². The van der Waals surface area contributed by atoms with Crippen molar-refractivity contribution in [2.75, 3.05) is 11.9 Å². The van der Waals surface area contributed by atoms with Crippen LogP contribution in [0, 0.1) is 34.5 Å².